The predicted octanol–water partition coefficient (Wildman–Crippen LogP) is 6.37. The van der Waals surface area contributed by atoms with Crippen LogP contribution >= 0.6 is 11.6 Å². The Morgan fingerprint density at radius 2 is 1.92 bits per heavy atom. The number of ketones is 1. The van der Waals surface area contributed by atoms with Crippen LogP contribution in [0.1, 0.15) is 50.8 Å². The molecule has 0 saturated carbocycles. The van der Waals surface area contributed by atoms with E-state index < -0.39 is 6.04 Å². The van der Waals surface area contributed by atoms with Crippen molar-refractivity contribution < 1.29 is 19.4 Å². The molecule has 1 unspecified atom stereocenters. The van der Waals surface area contributed by atoms with Crippen LogP contribution in [0.2, 0.25) is 5.02 Å². The molecule has 4 N–H and O–H groups in total. The number of hydrogen-bond acceptors (Lipinski definition) is 6. The topological polar surface area (TPSA) is 105 Å². The van der Waals surface area contributed by atoms with Gasteiger partial charge in [-0.15, -0.1) is 0 Å². The van der Waals surface area contributed by atoms with E-state index in [1.165, 1.54) is 11.8 Å². The lowest BCUT2D eigenvalue weighted by atomic mass is 9.73. The molecule has 8 heteroatoms. The molecule has 0 aromatic heterocycles. The summed E-state index contributed by atoms with van der Waals surface area (Å²) in [5.41, 5.74) is 9.77. The molecule has 7 nitrogen and oxygen atoms in total. The van der Waals surface area contributed by atoms with Crippen molar-refractivity contribution in [3.63, 3.8) is 0 Å². The number of rotatable bonds is 4. The third-order valence-corrected chi connectivity index (χ3v) is 7.30. The number of nitrogen functional groups attached to an aromatic ring is 1. The van der Waals surface area contributed by atoms with Crippen molar-refractivity contribution >= 4 is 40.4 Å². The monoisotopic (exact) mass is 531 g/mol. The van der Waals surface area contributed by atoms with Crippen molar-refractivity contribution in [1.29, 1.82) is 0 Å². The molecule has 1 aliphatic heterocycles. The number of carbonyl (C=O) groups is 2. The highest BCUT2D eigenvalue weighted by Gasteiger charge is 2.43. The standard InChI is InChI=1S/C30H30ClN3O4/c1-17(35)34-24-8-5-9-25(36)28(24)33-23-14-30(2,3)15-26(37)27(23)29(34)21-11-10-20(13-22(21)31)38-16-18-6-4-7-19(32)12-18/h4-13,29,33,36H,14-16,32H2,1-3H3. The van der Waals surface area contributed by atoms with E-state index in [-0.39, 0.29) is 22.9 Å². The van der Waals surface area contributed by atoms with Crippen LogP contribution in [0.5, 0.6) is 11.5 Å². The van der Waals surface area contributed by atoms with Crippen LogP contribution < -0.4 is 20.7 Å². The van der Waals surface area contributed by atoms with Crippen LogP contribution in [0.15, 0.2) is 71.9 Å². The van der Waals surface area contributed by atoms with Crippen LogP contribution in [0.25, 0.3) is 0 Å². The molecule has 1 heterocycles. The second-order valence-electron chi connectivity index (χ2n) is 10.6. The zero-order valence-electron chi connectivity index (χ0n) is 21.5. The normalized spacial score (nSPS) is 18.3. The van der Waals surface area contributed by atoms with Gasteiger partial charge in [-0.05, 0) is 59.4 Å². The molecular weight excluding hydrogens is 502 g/mol. The average Bonchev–Trinajstić information content (AvgIpc) is 2.97. The number of benzene rings is 3. The minimum atomic E-state index is -0.780. The molecule has 2 aliphatic rings. The van der Waals surface area contributed by atoms with Gasteiger partial charge in [-0.2, -0.15) is 0 Å². The van der Waals surface area contributed by atoms with Gasteiger partial charge in [0.25, 0.3) is 0 Å². The third kappa shape index (κ3) is 4.82. The average molecular weight is 532 g/mol. The van der Waals surface area contributed by atoms with Crippen molar-refractivity contribution in [2.45, 2.75) is 46.3 Å². The van der Waals surface area contributed by atoms with Crippen molar-refractivity contribution in [1.82, 2.24) is 0 Å². The minimum absolute atomic E-state index is 0.00604. The first-order valence-corrected chi connectivity index (χ1v) is 12.8. The lowest BCUT2D eigenvalue weighted by molar-refractivity contribution is -0.118. The Balaban J connectivity index is 1.61. The van der Waals surface area contributed by atoms with Crippen LogP contribution in [-0.2, 0) is 16.2 Å². The Bertz CT molecular complexity index is 1480. The molecule has 1 aliphatic carbocycles. The number of halogens is 1. The number of Topliss-reactive ketones (excluding diaryl/α,β-unsaturated/α-hetero) is 1. The lowest BCUT2D eigenvalue weighted by Crippen LogP contribution is -2.38. The molecular formula is C30H30ClN3O4. The van der Waals surface area contributed by atoms with E-state index in [1.54, 1.807) is 36.4 Å². The fourth-order valence-electron chi connectivity index (χ4n) is 5.35. The summed E-state index contributed by atoms with van der Waals surface area (Å²) in [6, 6.07) is 16.9. The fourth-order valence-corrected chi connectivity index (χ4v) is 5.63. The molecule has 5 rings (SSSR count). The number of nitrogens with zero attached hydrogens (tertiary/aromatic N) is 1. The van der Waals surface area contributed by atoms with E-state index in [4.69, 9.17) is 22.1 Å². The van der Waals surface area contributed by atoms with E-state index in [0.29, 0.717) is 64.1 Å². The number of amides is 1. The Labute approximate surface area is 226 Å². The Kier molecular flexibility index (Phi) is 6.57. The number of nitrogens with one attached hydrogen (secondary N) is 1. The molecule has 3 aromatic carbocycles. The van der Waals surface area contributed by atoms with Crippen molar-refractivity contribution in [3.8, 4) is 11.5 Å². The van der Waals surface area contributed by atoms with Crippen molar-refractivity contribution in [2.24, 2.45) is 5.41 Å². The number of para-hydroxylation sites is 1. The number of phenols is 1. The first-order chi connectivity index (χ1) is 18.0. The van der Waals surface area contributed by atoms with Gasteiger partial charge < -0.3 is 20.9 Å². The van der Waals surface area contributed by atoms with E-state index in [2.05, 4.69) is 5.32 Å². The van der Waals surface area contributed by atoms with E-state index in [9.17, 15) is 14.7 Å². The van der Waals surface area contributed by atoms with Gasteiger partial charge in [-0.3, -0.25) is 14.5 Å². The first-order valence-electron chi connectivity index (χ1n) is 12.5. The van der Waals surface area contributed by atoms with Crippen LogP contribution in [0.3, 0.4) is 0 Å². The number of phenolic OH excluding ortho intramolecular Hbond substituents is 1. The maximum Gasteiger partial charge on any atom is 0.224 e. The van der Waals surface area contributed by atoms with Gasteiger partial charge >= 0.3 is 0 Å². The minimum Gasteiger partial charge on any atom is -0.506 e. The van der Waals surface area contributed by atoms with Gasteiger partial charge in [0.2, 0.25) is 5.91 Å². The van der Waals surface area contributed by atoms with Gasteiger partial charge in [0.1, 0.15) is 23.8 Å². The largest absolute Gasteiger partial charge is 0.506 e. The maximum absolute atomic E-state index is 13.7. The quantitative estimate of drug-likeness (QED) is 0.267. The zero-order chi connectivity index (χ0) is 27.2. The van der Waals surface area contributed by atoms with Gasteiger partial charge in [0.15, 0.2) is 5.78 Å². The number of aromatic hydroxyl groups is 1. The highest BCUT2D eigenvalue weighted by Crippen LogP contribution is 2.51. The molecule has 38 heavy (non-hydrogen) atoms. The molecule has 0 radical (unpaired) electrons. The smallest absolute Gasteiger partial charge is 0.224 e. The number of ether oxygens (including phenoxy) is 1. The van der Waals surface area contributed by atoms with Gasteiger partial charge in [0, 0.05) is 35.3 Å². The second-order valence-corrected chi connectivity index (χ2v) is 11.0. The Hall–Kier alpha value is -3.97. The molecule has 1 amide bonds. The number of carbonyl (C=O) groups excluding carboxylic acids is 2. The number of allylic oxidation sites excluding steroid dienone is 1. The summed E-state index contributed by atoms with van der Waals surface area (Å²) in [7, 11) is 0. The summed E-state index contributed by atoms with van der Waals surface area (Å²) >= 11 is 6.84. The van der Waals surface area contributed by atoms with Crippen LogP contribution in [0.4, 0.5) is 17.1 Å². The summed E-state index contributed by atoms with van der Waals surface area (Å²) < 4.78 is 5.95. The third-order valence-electron chi connectivity index (χ3n) is 6.97. The SMILES string of the molecule is CC(=O)N1c2cccc(O)c2NC2=C(C(=O)CC(C)(C)C2)C1c1ccc(OCc2cccc(N)c2)cc1Cl. The van der Waals surface area contributed by atoms with E-state index in [1.807, 2.05) is 38.1 Å². The maximum atomic E-state index is 13.7. The van der Waals surface area contributed by atoms with Crippen LogP contribution in [0, 0.1) is 5.41 Å². The Morgan fingerprint density at radius 1 is 1.16 bits per heavy atom. The number of anilines is 3. The number of hydrogen-bond donors (Lipinski definition) is 3. The first kappa shape index (κ1) is 25.7. The second kappa shape index (κ2) is 9.72. The molecule has 3 aromatic rings. The van der Waals surface area contributed by atoms with Crippen molar-refractivity contribution in [2.75, 3.05) is 16.0 Å². The highest BCUT2D eigenvalue weighted by atomic mass is 35.5. The predicted molar refractivity (Wildman–Crippen MR) is 149 cm³/mol. The Morgan fingerprint density at radius 3 is 2.63 bits per heavy atom. The van der Waals surface area contributed by atoms with Crippen molar-refractivity contribution in [3.05, 3.63) is 88.1 Å². The summed E-state index contributed by atoms with van der Waals surface area (Å²) in [6.45, 7) is 5.82. The summed E-state index contributed by atoms with van der Waals surface area (Å²) in [4.78, 5) is 28.4. The van der Waals surface area contributed by atoms with E-state index in [0.717, 1.165) is 5.56 Å². The van der Waals surface area contributed by atoms with E-state index >= 15 is 0 Å². The van der Waals surface area contributed by atoms with Crippen LogP contribution in [-0.4, -0.2) is 16.8 Å². The summed E-state index contributed by atoms with van der Waals surface area (Å²) in [6.07, 6.45) is 0.903. The zero-order valence-corrected chi connectivity index (χ0v) is 22.3. The van der Waals surface area contributed by atoms with Gasteiger partial charge in [-0.1, -0.05) is 49.7 Å². The highest BCUT2D eigenvalue weighted by molar-refractivity contribution is 6.31. The lowest BCUT2D eigenvalue weighted by Gasteiger charge is -2.37. The molecule has 0 spiro atoms. The van der Waals surface area contributed by atoms with Gasteiger partial charge in [-0.25, -0.2) is 0 Å². The molecule has 196 valence electrons. The summed E-state index contributed by atoms with van der Waals surface area (Å²) in [5.74, 6) is 0.192. The number of fused-ring (bicyclic) bond motifs is 1. The molecule has 0 fully saturated rings. The molecule has 0 saturated heterocycles. The molecule has 0 bridgehead atoms. The fraction of sp³-hybridized carbons (Fsp3) is 0.267. The number of nitrogens with two attached hydrogens (primary N) is 1. The van der Waals surface area contributed by atoms with Gasteiger partial charge in [0.05, 0.1) is 11.7 Å². The summed E-state index contributed by atoms with van der Waals surface area (Å²) in [5, 5.41) is 14.4. The molecule has 1 atom stereocenters.